The zero-order chi connectivity index (χ0) is 20.8. The fourth-order valence-electron chi connectivity index (χ4n) is 2.91. The lowest BCUT2D eigenvalue weighted by molar-refractivity contribution is -0.385. The maximum atomic E-state index is 12.4. The number of amides is 1. The summed E-state index contributed by atoms with van der Waals surface area (Å²) in [6.45, 7) is 3.38. The van der Waals surface area contributed by atoms with Gasteiger partial charge in [-0.1, -0.05) is 6.07 Å². The van der Waals surface area contributed by atoms with Gasteiger partial charge in [0.2, 0.25) is 0 Å². The molecule has 2 heterocycles. The average Bonchev–Trinajstić information content (AvgIpc) is 3.12. The van der Waals surface area contributed by atoms with Gasteiger partial charge in [0.1, 0.15) is 12.1 Å². The molecule has 0 saturated heterocycles. The van der Waals surface area contributed by atoms with Crippen LogP contribution in [-0.4, -0.2) is 57.4 Å². The first kappa shape index (κ1) is 20.1. The SMILES string of the molecule is COCCNc1ncnc2c1cnn2CCNC(=O)c1cccc([N+](=O)[O-])c1C. The summed E-state index contributed by atoms with van der Waals surface area (Å²) in [6.07, 6.45) is 3.11. The Labute approximate surface area is 166 Å². The van der Waals surface area contributed by atoms with Crippen LogP contribution in [0.25, 0.3) is 11.0 Å². The summed E-state index contributed by atoms with van der Waals surface area (Å²) in [4.78, 5) is 31.4. The Morgan fingerprint density at radius 1 is 1.31 bits per heavy atom. The molecule has 0 unspecified atom stereocenters. The molecule has 0 aliphatic heterocycles. The highest BCUT2D eigenvalue weighted by molar-refractivity contribution is 5.96. The largest absolute Gasteiger partial charge is 0.383 e. The third-order valence-electron chi connectivity index (χ3n) is 4.39. The second kappa shape index (κ2) is 9.06. The van der Waals surface area contributed by atoms with Crippen LogP contribution < -0.4 is 10.6 Å². The van der Waals surface area contributed by atoms with Gasteiger partial charge in [0.25, 0.3) is 11.6 Å². The molecule has 2 N–H and O–H groups in total. The number of methoxy groups -OCH3 is 1. The summed E-state index contributed by atoms with van der Waals surface area (Å²) in [5, 5.41) is 22.0. The molecule has 0 spiro atoms. The lowest BCUT2D eigenvalue weighted by Gasteiger charge is -2.09. The molecule has 1 amide bonds. The van der Waals surface area contributed by atoms with Gasteiger partial charge in [-0.15, -0.1) is 0 Å². The van der Waals surface area contributed by atoms with Crippen molar-refractivity contribution >= 4 is 28.4 Å². The first-order valence-corrected chi connectivity index (χ1v) is 8.94. The van der Waals surface area contributed by atoms with Gasteiger partial charge >= 0.3 is 0 Å². The standard InChI is InChI=1S/C18H21N7O4/c1-12-13(4-3-5-15(12)25(27)28)18(26)20-6-8-24-17-14(10-23-24)16(21-11-22-17)19-7-9-29-2/h3-5,10-11H,6-9H2,1-2H3,(H,20,26)(H,19,21,22). The van der Waals surface area contributed by atoms with Crippen LogP contribution in [0.5, 0.6) is 0 Å². The van der Waals surface area contributed by atoms with Gasteiger partial charge in [0.05, 0.1) is 29.7 Å². The number of carbonyl (C=O) groups excluding carboxylic acids is 1. The van der Waals surface area contributed by atoms with E-state index in [1.165, 1.54) is 18.5 Å². The number of nitro benzene ring substituents is 1. The van der Waals surface area contributed by atoms with E-state index < -0.39 is 4.92 Å². The summed E-state index contributed by atoms with van der Waals surface area (Å²) in [6, 6.07) is 4.43. The van der Waals surface area contributed by atoms with Crippen molar-refractivity contribution in [1.82, 2.24) is 25.1 Å². The second-order valence-electron chi connectivity index (χ2n) is 6.21. The number of rotatable bonds is 9. The maximum absolute atomic E-state index is 12.4. The van der Waals surface area contributed by atoms with Gasteiger partial charge in [0.15, 0.2) is 5.65 Å². The summed E-state index contributed by atoms with van der Waals surface area (Å²) >= 11 is 0. The number of nitrogens with one attached hydrogen (secondary N) is 2. The van der Waals surface area contributed by atoms with Gasteiger partial charge in [-0.3, -0.25) is 14.9 Å². The van der Waals surface area contributed by atoms with Crippen LogP contribution >= 0.6 is 0 Å². The van der Waals surface area contributed by atoms with Crippen molar-refractivity contribution in [3.8, 4) is 0 Å². The third-order valence-corrected chi connectivity index (χ3v) is 4.39. The number of nitrogens with zero attached hydrogens (tertiary/aromatic N) is 5. The second-order valence-corrected chi connectivity index (χ2v) is 6.21. The fourth-order valence-corrected chi connectivity index (χ4v) is 2.91. The van der Waals surface area contributed by atoms with E-state index in [2.05, 4.69) is 25.7 Å². The molecule has 29 heavy (non-hydrogen) atoms. The number of ether oxygens (including phenoxy) is 1. The first-order valence-electron chi connectivity index (χ1n) is 8.94. The molecule has 0 fully saturated rings. The monoisotopic (exact) mass is 399 g/mol. The van der Waals surface area contributed by atoms with Crippen molar-refractivity contribution in [2.75, 3.05) is 32.1 Å². The predicted octanol–water partition coefficient (Wildman–Crippen LogP) is 1.53. The number of hydrogen-bond donors (Lipinski definition) is 2. The average molecular weight is 399 g/mol. The van der Waals surface area contributed by atoms with Crippen LogP contribution in [0.2, 0.25) is 0 Å². The summed E-state index contributed by atoms with van der Waals surface area (Å²) in [7, 11) is 1.62. The van der Waals surface area contributed by atoms with Gasteiger partial charge < -0.3 is 15.4 Å². The number of anilines is 1. The highest BCUT2D eigenvalue weighted by Gasteiger charge is 2.17. The van der Waals surface area contributed by atoms with E-state index in [0.29, 0.717) is 36.7 Å². The minimum absolute atomic E-state index is 0.0825. The van der Waals surface area contributed by atoms with E-state index in [1.807, 2.05) is 0 Å². The Balaban J connectivity index is 1.66. The van der Waals surface area contributed by atoms with Crippen molar-refractivity contribution in [2.45, 2.75) is 13.5 Å². The Bertz CT molecular complexity index is 1030. The maximum Gasteiger partial charge on any atom is 0.273 e. The molecule has 0 aliphatic rings. The minimum atomic E-state index is -0.500. The summed E-state index contributed by atoms with van der Waals surface area (Å²) in [5.41, 5.74) is 1.16. The number of benzene rings is 1. The molecule has 0 atom stereocenters. The highest BCUT2D eigenvalue weighted by Crippen LogP contribution is 2.21. The van der Waals surface area contributed by atoms with E-state index in [4.69, 9.17) is 4.74 Å². The Morgan fingerprint density at radius 2 is 2.14 bits per heavy atom. The van der Waals surface area contributed by atoms with E-state index in [0.717, 1.165) is 5.39 Å². The molecular weight excluding hydrogens is 378 g/mol. The topological polar surface area (TPSA) is 137 Å². The molecule has 0 aliphatic carbocycles. The summed E-state index contributed by atoms with van der Waals surface area (Å²) < 4.78 is 6.68. The molecule has 152 valence electrons. The first-order chi connectivity index (χ1) is 14.0. The molecule has 0 bridgehead atoms. The van der Waals surface area contributed by atoms with Gasteiger partial charge in [-0.25, -0.2) is 14.6 Å². The van der Waals surface area contributed by atoms with Crippen LogP contribution in [-0.2, 0) is 11.3 Å². The van der Waals surface area contributed by atoms with Crippen LogP contribution in [0.15, 0.2) is 30.7 Å². The van der Waals surface area contributed by atoms with Crippen LogP contribution in [0.4, 0.5) is 11.5 Å². The number of hydrogen-bond acceptors (Lipinski definition) is 8. The van der Waals surface area contributed by atoms with Crippen molar-refractivity contribution in [3.63, 3.8) is 0 Å². The van der Waals surface area contributed by atoms with Crippen molar-refractivity contribution < 1.29 is 14.5 Å². The summed E-state index contributed by atoms with van der Waals surface area (Å²) in [5.74, 6) is 0.286. The fraction of sp³-hybridized carbons (Fsp3) is 0.333. The highest BCUT2D eigenvalue weighted by atomic mass is 16.6. The molecule has 1 aromatic carbocycles. The van der Waals surface area contributed by atoms with Gasteiger partial charge in [-0.05, 0) is 13.0 Å². The van der Waals surface area contributed by atoms with Crippen molar-refractivity contribution in [3.05, 3.63) is 52.0 Å². The molecule has 0 saturated carbocycles. The van der Waals surface area contributed by atoms with Crippen LogP contribution in [0.3, 0.4) is 0 Å². The minimum Gasteiger partial charge on any atom is -0.383 e. The zero-order valence-corrected chi connectivity index (χ0v) is 16.1. The third kappa shape index (κ3) is 4.46. The Hall–Kier alpha value is -3.60. The van der Waals surface area contributed by atoms with E-state index in [1.54, 1.807) is 31.0 Å². The number of nitro groups is 1. The molecular formula is C18H21N7O4. The Kier molecular flexibility index (Phi) is 6.29. The van der Waals surface area contributed by atoms with Gasteiger partial charge in [-0.2, -0.15) is 5.10 Å². The molecule has 2 aromatic heterocycles. The quantitative estimate of drug-likeness (QED) is 0.314. The van der Waals surface area contributed by atoms with Crippen LogP contribution in [0, 0.1) is 17.0 Å². The van der Waals surface area contributed by atoms with E-state index >= 15 is 0 Å². The number of carbonyl (C=O) groups is 1. The Morgan fingerprint density at radius 3 is 2.90 bits per heavy atom. The van der Waals surface area contributed by atoms with Crippen molar-refractivity contribution in [2.24, 2.45) is 0 Å². The lowest BCUT2D eigenvalue weighted by atomic mass is 10.1. The normalized spacial score (nSPS) is 10.8. The number of fused-ring (bicyclic) bond motifs is 1. The van der Waals surface area contributed by atoms with E-state index in [9.17, 15) is 14.9 Å². The molecule has 3 aromatic rings. The molecule has 0 radical (unpaired) electrons. The number of aromatic nitrogens is 4. The predicted molar refractivity (Wildman–Crippen MR) is 106 cm³/mol. The van der Waals surface area contributed by atoms with E-state index in [-0.39, 0.29) is 23.7 Å². The molecule has 3 rings (SSSR count). The lowest BCUT2D eigenvalue weighted by Crippen LogP contribution is -2.28. The smallest absolute Gasteiger partial charge is 0.273 e. The molecule has 11 heteroatoms. The van der Waals surface area contributed by atoms with Crippen molar-refractivity contribution in [1.29, 1.82) is 0 Å². The van der Waals surface area contributed by atoms with Gasteiger partial charge in [0, 0.05) is 37.4 Å². The van der Waals surface area contributed by atoms with Crippen LogP contribution in [0.1, 0.15) is 15.9 Å². The molecule has 11 nitrogen and oxygen atoms in total. The zero-order valence-electron chi connectivity index (χ0n) is 16.1.